The highest BCUT2D eigenvalue weighted by atomic mass is 19.1. The Morgan fingerprint density at radius 3 is 1.86 bits per heavy atom. The molecule has 1 atom stereocenters. The van der Waals surface area contributed by atoms with Crippen LogP contribution in [0.2, 0.25) is 0 Å². The van der Waals surface area contributed by atoms with Crippen LogP contribution in [0.15, 0.2) is 12.1 Å². The van der Waals surface area contributed by atoms with Crippen molar-refractivity contribution in [2.24, 2.45) is 0 Å². The Kier molecular flexibility index (Phi) is 19.6. The third-order valence-corrected chi connectivity index (χ3v) is 6.66. The van der Waals surface area contributed by atoms with E-state index in [1.807, 2.05) is 6.07 Å². The summed E-state index contributed by atoms with van der Waals surface area (Å²) in [5.74, 6) is -0.414. The van der Waals surface area contributed by atoms with Gasteiger partial charge in [-0.3, -0.25) is 0 Å². The van der Waals surface area contributed by atoms with E-state index in [0.717, 1.165) is 6.42 Å². The zero-order valence-corrected chi connectivity index (χ0v) is 22.5. The van der Waals surface area contributed by atoms with Crippen molar-refractivity contribution in [3.8, 4) is 6.07 Å². The van der Waals surface area contributed by atoms with Gasteiger partial charge in [0.05, 0.1) is 31.5 Å². The van der Waals surface area contributed by atoms with Crippen LogP contribution in [0.1, 0.15) is 126 Å². The zero-order chi connectivity index (χ0) is 25.6. The monoisotopic (exact) mass is 491 g/mol. The van der Waals surface area contributed by atoms with Crippen LogP contribution in [0.25, 0.3) is 0 Å². The van der Waals surface area contributed by atoms with Gasteiger partial charge in [-0.25, -0.2) is 4.39 Å². The Hall–Kier alpha value is -1.48. The number of aliphatic hydroxyl groups is 1. The molecule has 0 aliphatic heterocycles. The number of nitrogens with zero attached hydrogens (tertiary/aromatic N) is 1. The van der Waals surface area contributed by atoms with Crippen LogP contribution in [0.4, 0.5) is 4.39 Å². The summed E-state index contributed by atoms with van der Waals surface area (Å²) in [5.41, 5.74) is 1.24. The molecule has 0 aromatic heterocycles. The lowest BCUT2D eigenvalue weighted by atomic mass is 10.0. The minimum atomic E-state index is -0.453. The molecule has 1 aromatic carbocycles. The summed E-state index contributed by atoms with van der Waals surface area (Å²) in [5, 5.41) is 18.6. The highest BCUT2D eigenvalue weighted by molar-refractivity contribution is 5.40. The molecule has 0 aliphatic carbocycles. The largest absolute Gasteiger partial charge is 0.394 e. The molecule has 4 nitrogen and oxygen atoms in total. The first kappa shape index (κ1) is 31.5. The van der Waals surface area contributed by atoms with Gasteiger partial charge in [-0.05, 0) is 31.0 Å². The molecule has 35 heavy (non-hydrogen) atoms. The average molecular weight is 492 g/mol. The van der Waals surface area contributed by atoms with Crippen molar-refractivity contribution in [3.63, 3.8) is 0 Å². The highest BCUT2D eigenvalue weighted by Gasteiger charge is 2.11. The maximum absolute atomic E-state index is 13.9. The van der Waals surface area contributed by atoms with E-state index in [1.165, 1.54) is 102 Å². The predicted molar refractivity (Wildman–Crippen MR) is 142 cm³/mol. The molecule has 1 N–H and O–H groups in total. The van der Waals surface area contributed by atoms with E-state index in [4.69, 9.17) is 14.7 Å². The number of benzene rings is 1. The van der Waals surface area contributed by atoms with Gasteiger partial charge in [0.1, 0.15) is 11.9 Å². The molecule has 0 radical (unpaired) electrons. The third-order valence-electron chi connectivity index (χ3n) is 6.66. The SMILES string of the molecule is CCCCCCCCCCCCCCCCCCOCC(CO)OCc1cc(F)c(C)c(C#N)c1. The second kappa shape index (κ2) is 21.8. The number of unbranched alkanes of at least 4 members (excludes halogenated alkanes) is 15. The normalized spacial score (nSPS) is 12.1. The first-order chi connectivity index (χ1) is 17.1. The van der Waals surface area contributed by atoms with Crippen LogP contribution in [0.3, 0.4) is 0 Å². The molecule has 0 fully saturated rings. The first-order valence-electron chi connectivity index (χ1n) is 14.1. The van der Waals surface area contributed by atoms with E-state index in [-0.39, 0.29) is 13.2 Å². The lowest BCUT2D eigenvalue weighted by molar-refractivity contribution is -0.0503. The second-order valence-electron chi connectivity index (χ2n) is 9.86. The minimum Gasteiger partial charge on any atom is -0.394 e. The molecule has 1 aromatic rings. The van der Waals surface area contributed by atoms with E-state index < -0.39 is 11.9 Å². The van der Waals surface area contributed by atoms with Gasteiger partial charge in [0.15, 0.2) is 0 Å². The lowest BCUT2D eigenvalue weighted by Crippen LogP contribution is -2.24. The maximum atomic E-state index is 13.9. The molecule has 0 saturated heterocycles. The quantitative estimate of drug-likeness (QED) is 0.157. The smallest absolute Gasteiger partial charge is 0.127 e. The maximum Gasteiger partial charge on any atom is 0.127 e. The molecule has 0 saturated carbocycles. The fourth-order valence-electron chi connectivity index (χ4n) is 4.27. The molecule has 0 heterocycles. The van der Waals surface area contributed by atoms with Crippen LogP contribution < -0.4 is 0 Å². The molecule has 200 valence electrons. The van der Waals surface area contributed by atoms with Crippen LogP contribution in [-0.4, -0.2) is 31.0 Å². The molecule has 0 aliphatic rings. The Balaban J connectivity index is 1.93. The van der Waals surface area contributed by atoms with Gasteiger partial charge in [-0.15, -0.1) is 0 Å². The summed E-state index contributed by atoms with van der Waals surface area (Å²) in [6, 6.07) is 5.00. The number of ether oxygens (including phenoxy) is 2. The molecular formula is C30H50FNO3. The second-order valence-corrected chi connectivity index (χ2v) is 9.86. The van der Waals surface area contributed by atoms with E-state index in [0.29, 0.717) is 29.9 Å². The van der Waals surface area contributed by atoms with Gasteiger partial charge in [0.2, 0.25) is 0 Å². The molecule has 0 spiro atoms. The highest BCUT2D eigenvalue weighted by Crippen LogP contribution is 2.17. The van der Waals surface area contributed by atoms with E-state index in [2.05, 4.69) is 6.92 Å². The minimum absolute atomic E-state index is 0.138. The summed E-state index contributed by atoms with van der Waals surface area (Å²) in [6.45, 7) is 4.82. The zero-order valence-electron chi connectivity index (χ0n) is 22.5. The number of halogens is 1. The van der Waals surface area contributed by atoms with Crippen molar-refractivity contribution in [3.05, 3.63) is 34.6 Å². The van der Waals surface area contributed by atoms with Gasteiger partial charge in [-0.1, -0.05) is 103 Å². The number of nitriles is 1. The molecule has 5 heteroatoms. The van der Waals surface area contributed by atoms with Crippen molar-refractivity contribution >= 4 is 0 Å². The van der Waals surface area contributed by atoms with Crippen molar-refractivity contribution in [2.45, 2.75) is 129 Å². The number of aliphatic hydroxyl groups excluding tert-OH is 1. The van der Waals surface area contributed by atoms with Crippen LogP contribution in [0.5, 0.6) is 0 Å². The summed E-state index contributed by atoms with van der Waals surface area (Å²) >= 11 is 0. The Morgan fingerprint density at radius 2 is 1.37 bits per heavy atom. The van der Waals surface area contributed by atoms with Crippen LogP contribution in [0, 0.1) is 24.1 Å². The number of hydrogen-bond acceptors (Lipinski definition) is 4. The van der Waals surface area contributed by atoms with Crippen LogP contribution >= 0.6 is 0 Å². The summed E-state index contributed by atoms with van der Waals surface area (Å²) < 4.78 is 25.2. The van der Waals surface area contributed by atoms with E-state index >= 15 is 0 Å². The van der Waals surface area contributed by atoms with Crippen molar-refractivity contribution < 1.29 is 19.0 Å². The van der Waals surface area contributed by atoms with Gasteiger partial charge in [0, 0.05) is 12.2 Å². The number of rotatable bonds is 23. The predicted octanol–water partition coefficient (Wildman–Crippen LogP) is 8.16. The molecule has 0 bridgehead atoms. The van der Waals surface area contributed by atoms with Gasteiger partial charge in [0.25, 0.3) is 0 Å². The van der Waals surface area contributed by atoms with E-state index in [1.54, 1.807) is 13.0 Å². The van der Waals surface area contributed by atoms with Gasteiger partial charge < -0.3 is 14.6 Å². The standard InChI is InChI=1S/C30H50FNO3/c1-3-4-5-6-7-8-9-10-11-12-13-14-15-16-17-18-19-34-25-29(23-33)35-24-27-20-28(22-32)26(2)30(31)21-27/h20-21,29,33H,3-19,23-25H2,1-2H3. The Labute approximate surface area is 214 Å². The first-order valence-corrected chi connectivity index (χ1v) is 14.1. The fraction of sp³-hybridized carbons (Fsp3) is 0.767. The molecule has 1 rings (SSSR count). The molecular weight excluding hydrogens is 441 g/mol. The van der Waals surface area contributed by atoms with E-state index in [9.17, 15) is 9.50 Å². The average Bonchev–Trinajstić information content (AvgIpc) is 2.86. The fourth-order valence-corrected chi connectivity index (χ4v) is 4.27. The van der Waals surface area contributed by atoms with Crippen molar-refractivity contribution in [1.82, 2.24) is 0 Å². The lowest BCUT2D eigenvalue weighted by Gasteiger charge is -2.16. The summed E-state index contributed by atoms with van der Waals surface area (Å²) in [6.07, 6.45) is 21.0. The van der Waals surface area contributed by atoms with Crippen molar-refractivity contribution in [2.75, 3.05) is 19.8 Å². The summed E-state index contributed by atoms with van der Waals surface area (Å²) in [4.78, 5) is 0. The van der Waals surface area contributed by atoms with Gasteiger partial charge >= 0.3 is 0 Å². The summed E-state index contributed by atoms with van der Waals surface area (Å²) in [7, 11) is 0. The number of hydrogen-bond donors (Lipinski definition) is 1. The van der Waals surface area contributed by atoms with Gasteiger partial charge in [-0.2, -0.15) is 5.26 Å². The Morgan fingerprint density at radius 1 is 0.857 bits per heavy atom. The molecule has 1 unspecified atom stereocenters. The van der Waals surface area contributed by atoms with Crippen molar-refractivity contribution in [1.29, 1.82) is 5.26 Å². The van der Waals surface area contributed by atoms with Crippen LogP contribution in [-0.2, 0) is 16.1 Å². The molecule has 0 amide bonds. The third kappa shape index (κ3) is 16.0. The topological polar surface area (TPSA) is 62.5 Å². The Bertz CT molecular complexity index is 689.